The predicted octanol–water partition coefficient (Wildman–Crippen LogP) is 2.49. The van der Waals surface area contributed by atoms with Crippen LogP contribution in [0.5, 0.6) is 0 Å². The molecule has 0 aromatic heterocycles. The van der Waals surface area contributed by atoms with Crippen LogP contribution in [0.25, 0.3) is 0 Å². The van der Waals surface area contributed by atoms with Crippen LogP contribution in [0.15, 0.2) is 0 Å². The van der Waals surface area contributed by atoms with Crippen molar-refractivity contribution in [2.24, 2.45) is 11.8 Å². The number of likely N-dealkylation sites (tertiary alicyclic amines) is 1. The zero-order chi connectivity index (χ0) is 11.7. The Kier molecular flexibility index (Phi) is 3.91. The van der Waals surface area contributed by atoms with Crippen LogP contribution < -0.4 is 5.32 Å². The van der Waals surface area contributed by atoms with Gasteiger partial charge in [0.15, 0.2) is 0 Å². The van der Waals surface area contributed by atoms with Crippen molar-refractivity contribution in [3.8, 4) is 0 Å². The maximum Gasteiger partial charge on any atom is 0.0176 e. The van der Waals surface area contributed by atoms with E-state index in [-0.39, 0.29) is 0 Å². The highest BCUT2D eigenvalue weighted by molar-refractivity contribution is 4.93. The summed E-state index contributed by atoms with van der Waals surface area (Å²) in [7, 11) is 0. The molecule has 2 fully saturated rings. The van der Waals surface area contributed by atoms with Crippen LogP contribution in [0.1, 0.15) is 47.0 Å². The van der Waals surface area contributed by atoms with Gasteiger partial charge < -0.3 is 5.32 Å². The molecular formula is C14H28N2. The molecule has 2 aliphatic heterocycles. The minimum absolute atomic E-state index is 0.789. The maximum absolute atomic E-state index is 3.56. The van der Waals surface area contributed by atoms with E-state index in [1.807, 2.05) is 0 Å². The molecule has 2 saturated heterocycles. The van der Waals surface area contributed by atoms with Gasteiger partial charge in [0.2, 0.25) is 0 Å². The number of nitrogens with zero attached hydrogens (tertiary/aromatic N) is 1. The Balaban J connectivity index is 2.12. The number of piperidine rings is 2. The topological polar surface area (TPSA) is 15.3 Å². The second-order valence-electron chi connectivity index (χ2n) is 6.18. The second-order valence-corrected chi connectivity index (χ2v) is 6.18. The van der Waals surface area contributed by atoms with E-state index in [4.69, 9.17) is 0 Å². The summed E-state index contributed by atoms with van der Waals surface area (Å²) in [5.74, 6) is 1.60. The lowest BCUT2D eigenvalue weighted by atomic mass is 9.82. The molecule has 1 N–H and O–H groups in total. The Bertz CT molecular complexity index is 185. The molecule has 0 radical (unpaired) electrons. The summed E-state index contributed by atoms with van der Waals surface area (Å²) >= 11 is 0. The van der Waals surface area contributed by atoms with E-state index in [2.05, 4.69) is 37.9 Å². The largest absolute Gasteiger partial charge is 0.316 e. The van der Waals surface area contributed by atoms with Gasteiger partial charge in [-0.1, -0.05) is 20.3 Å². The van der Waals surface area contributed by atoms with Crippen molar-refractivity contribution >= 4 is 0 Å². The van der Waals surface area contributed by atoms with Gasteiger partial charge in [0.1, 0.15) is 0 Å². The number of rotatable bonds is 1. The predicted molar refractivity (Wildman–Crippen MR) is 69.6 cm³/mol. The van der Waals surface area contributed by atoms with Crippen molar-refractivity contribution < 1.29 is 0 Å². The number of hydrogen-bond acceptors (Lipinski definition) is 2. The third kappa shape index (κ3) is 2.28. The van der Waals surface area contributed by atoms with E-state index in [0.717, 1.165) is 30.0 Å². The van der Waals surface area contributed by atoms with E-state index >= 15 is 0 Å². The molecule has 0 saturated carbocycles. The van der Waals surface area contributed by atoms with E-state index in [0.29, 0.717) is 0 Å². The van der Waals surface area contributed by atoms with Crippen LogP contribution in [0.4, 0.5) is 0 Å². The summed E-state index contributed by atoms with van der Waals surface area (Å²) < 4.78 is 0. The molecule has 0 amide bonds. The van der Waals surface area contributed by atoms with Gasteiger partial charge in [0.05, 0.1) is 0 Å². The first-order valence-corrected chi connectivity index (χ1v) is 7.09. The number of hydrogen-bond donors (Lipinski definition) is 1. The zero-order valence-electron chi connectivity index (χ0n) is 11.4. The Morgan fingerprint density at radius 1 is 0.875 bits per heavy atom. The fourth-order valence-electron chi connectivity index (χ4n) is 3.96. The molecule has 2 heteroatoms. The van der Waals surface area contributed by atoms with Crippen LogP contribution in [-0.4, -0.2) is 36.1 Å². The first-order valence-electron chi connectivity index (χ1n) is 7.09. The highest BCUT2D eigenvalue weighted by Gasteiger charge is 2.38. The monoisotopic (exact) mass is 224 g/mol. The zero-order valence-corrected chi connectivity index (χ0v) is 11.4. The van der Waals surface area contributed by atoms with Gasteiger partial charge in [-0.15, -0.1) is 0 Å². The van der Waals surface area contributed by atoms with Crippen molar-refractivity contribution in [3.63, 3.8) is 0 Å². The molecule has 2 aliphatic rings. The quantitative estimate of drug-likeness (QED) is 0.736. The van der Waals surface area contributed by atoms with Gasteiger partial charge in [-0.25, -0.2) is 0 Å². The van der Waals surface area contributed by atoms with E-state index in [1.165, 1.54) is 32.4 Å². The van der Waals surface area contributed by atoms with Crippen molar-refractivity contribution in [2.45, 2.75) is 65.1 Å². The summed E-state index contributed by atoms with van der Waals surface area (Å²) in [5, 5.41) is 3.56. The molecule has 16 heavy (non-hydrogen) atoms. The van der Waals surface area contributed by atoms with Gasteiger partial charge in [-0.2, -0.15) is 0 Å². The standard InChI is InChI=1S/C14H28N2/c1-10-8-15-9-11(2)14(10)16-12(3)6-5-7-13(16)4/h10-15H,5-9H2,1-4H3/t10?,11?,12-,13+,14?. The molecule has 4 atom stereocenters. The summed E-state index contributed by atoms with van der Waals surface area (Å²) in [6.45, 7) is 12.1. The smallest absolute Gasteiger partial charge is 0.0176 e. The Morgan fingerprint density at radius 3 is 1.88 bits per heavy atom. The van der Waals surface area contributed by atoms with Crippen LogP contribution in [0, 0.1) is 11.8 Å². The normalized spacial score (nSPS) is 46.9. The van der Waals surface area contributed by atoms with Crippen LogP contribution in [0.2, 0.25) is 0 Å². The lowest BCUT2D eigenvalue weighted by Gasteiger charge is -2.50. The van der Waals surface area contributed by atoms with Crippen LogP contribution in [-0.2, 0) is 0 Å². The summed E-state index contributed by atoms with van der Waals surface area (Å²) in [5.41, 5.74) is 0. The molecule has 2 unspecified atom stereocenters. The molecular weight excluding hydrogens is 196 g/mol. The van der Waals surface area contributed by atoms with Crippen molar-refractivity contribution in [1.82, 2.24) is 10.2 Å². The van der Waals surface area contributed by atoms with Gasteiger partial charge in [-0.05, 0) is 51.6 Å². The summed E-state index contributed by atoms with van der Waals surface area (Å²) in [6, 6.07) is 2.38. The molecule has 0 aliphatic carbocycles. The van der Waals surface area contributed by atoms with Crippen molar-refractivity contribution in [2.75, 3.05) is 13.1 Å². The van der Waals surface area contributed by atoms with Crippen LogP contribution in [0.3, 0.4) is 0 Å². The first kappa shape index (κ1) is 12.4. The van der Waals surface area contributed by atoms with Gasteiger partial charge in [-0.3, -0.25) is 4.90 Å². The highest BCUT2D eigenvalue weighted by Crippen LogP contribution is 2.32. The molecule has 0 aromatic carbocycles. The fraction of sp³-hybridized carbons (Fsp3) is 1.00. The van der Waals surface area contributed by atoms with Crippen molar-refractivity contribution in [1.29, 1.82) is 0 Å². The van der Waals surface area contributed by atoms with Crippen LogP contribution >= 0.6 is 0 Å². The second kappa shape index (κ2) is 5.05. The van der Waals surface area contributed by atoms with E-state index in [1.54, 1.807) is 0 Å². The highest BCUT2D eigenvalue weighted by atomic mass is 15.2. The minimum atomic E-state index is 0.789. The third-order valence-electron chi connectivity index (χ3n) is 4.70. The van der Waals surface area contributed by atoms with Gasteiger partial charge >= 0.3 is 0 Å². The molecule has 0 bridgehead atoms. The Morgan fingerprint density at radius 2 is 1.38 bits per heavy atom. The SMILES string of the molecule is CC1CNCC(C)C1N1[C@H](C)CCC[C@@H]1C. The lowest BCUT2D eigenvalue weighted by Crippen LogP contribution is -2.59. The minimum Gasteiger partial charge on any atom is -0.316 e. The average molecular weight is 224 g/mol. The van der Waals surface area contributed by atoms with E-state index < -0.39 is 0 Å². The summed E-state index contributed by atoms with van der Waals surface area (Å²) in [4.78, 5) is 2.83. The molecule has 0 spiro atoms. The maximum atomic E-state index is 3.56. The summed E-state index contributed by atoms with van der Waals surface area (Å²) in [6.07, 6.45) is 4.22. The Hall–Kier alpha value is -0.0800. The average Bonchev–Trinajstić information content (AvgIpc) is 2.21. The fourth-order valence-corrected chi connectivity index (χ4v) is 3.96. The molecule has 94 valence electrons. The van der Waals surface area contributed by atoms with Gasteiger partial charge in [0.25, 0.3) is 0 Å². The Labute approximate surface area is 101 Å². The molecule has 2 nitrogen and oxygen atoms in total. The van der Waals surface area contributed by atoms with E-state index in [9.17, 15) is 0 Å². The van der Waals surface area contributed by atoms with Gasteiger partial charge in [0, 0.05) is 18.1 Å². The molecule has 2 heterocycles. The lowest BCUT2D eigenvalue weighted by molar-refractivity contribution is -0.00726. The molecule has 2 rings (SSSR count). The number of nitrogens with one attached hydrogen (secondary N) is 1. The third-order valence-corrected chi connectivity index (χ3v) is 4.70. The first-order chi connectivity index (χ1) is 7.61. The molecule has 0 aromatic rings. The van der Waals surface area contributed by atoms with Crippen molar-refractivity contribution in [3.05, 3.63) is 0 Å².